The van der Waals surface area contributed by atoms with Crippen LogP contribution in [-0.4, -0.2) is 47.4 Å². The number of hydrogen-bond donors (Lipinski definition) is 3. The zero-order valence-corrected chi connectivity index (χ0v) is 14.1. The minimum absolute atomic E-state index is 0.164. The SMILES string of the molecule is O=C(NC1CCNCC1)c1cc(-c2ccccc2)on1.O=C(O)C(F)(F)F. The molecule has 0 saturated carbocycles. The molecule has 1 aliphatic heterocycles. The van der Waals surface area contributed by atoms with E-state index in [-0.39, 0.29) is 11.9 Å². The summed E-state index contributed by atoms with van der Waals surface area (Å²) in [5, 5.41) is 17.2. The molecule has 1 fully saturated rings. The van der Waals surface area contributed by atoms with E-state index < -0.39 is 12.1 Å². The summed E-state index contributed by atoms with van der Waals surface area (Å²) in [5.41, 5.74) is 1.25. The lowest BCUT2D eigenvalue weighted by Gasteiger charge is -2.23. The van der Waals surface area contributed by atoms with E-state index in [1.54, 1.807) is 6.07 Å². The van der Waals surface area contributed by atoms with E-state index in [1.807, 2.05) is 30.3 Å². The molecular weight excluding hydrogens is 367 g/mol. The molecule has 2 aromatic rings. The number of carboxylic acids is 1. The van der Waals surface area contributed by atoms with Gasteiger partial charge in [0.2, 0.25) is 0 Å². The van der Waals surface area contributed by atoms with Gasteiger partial charge in [-0.15, -0.1) is 0 Å². The maximum atomic E-state index is 12.1. The van der Waals surface area contributed by atoms with Gasteiger partial charge in [0.05, 0.1) is 0 Å². The number of aromatic nitrogens is 1. The van der Waals surface area contributed by atoms with E-state index in [0.717, 1.165) is 31.5 Å². The van der Waals surface area contributed by atoms with Gasteiger partial charge >= 0.3 is 12.1 Å². The molecule has 3 N–H and O–H groups in total. The monoisotopic (exact) mass is 385 g/mol. The van der Waals surface area contributed by atoms with Gasteiger partial charge in [-0.05, 0) is 25.9 Å². The summed E-state index contributed by atoms with van der Waals surface area (Å²) < 4.78 is 37.0. The number of halogens is 3. The van der Waals surface area contributed by atoms with Gasteiger partial charge in [-0.1, -0.05) is 35.5 Å². The Kier molecular flexibility index (Phi) is 6.94. The Morgan fingerprint density at radius 1 is 1.19 bits per heavy atom. The lowest BCUT2D eigenvalue weighted by Crippen LogP contribution is -2.42. The molecule has 1 amide bonds. The van der Waals surface area contributed by atoms with Gasteiger partial charge in [-0.3, -0.25) is 4.79 Å². The van der Waals surface area contributed by atoms with Gasteiger partial charge < -0.3 is 20.3 Å². The van der Waals surface area contributed by atoms with E-state index in [9.17, 15) is 18.0 Å². The Bertz CT molecular complexity index is 756. The van der Waals surface area contributed by atoms with Crippen LogP contribution in [0.15, 0.2) is 40.9 Å². The fourth-order valence-corrected chi connectivity index (χ4v) is 2.35. The van der Waals surface area contributed by atoms with Crippen LogP contribution in [0.2, 0.25) is 0 Å². The third-order valence-corrected chi connectivity index (χ3v) is 3.72. The van der Waals surface area contributed by atoms with Crippen LogP contribution in [0.25, 0.3) is 11.3 Å². The second-order valence-electron chi connectivity index (χ2n) is 5.74. The Hall–Kier alpha value is -2.88. The predicted octanol–water partition coefficient (Wildman–Crippen LogP) is 2.46. The summed E-state index contributed by atoms with van der Waals surface area (Å²) in [5.74, 6) is -2.31. The number of nitrogens with zero attached hydrogens (tertiary/aromatic N) is 1. The minimum atomic E-state index is -5.08. The standard InChI is InChI=1S/C15H17N3O2.C2HF3O2/c19-15(17-12-6-8-16-9-7-12)13-10-14(20-18-13)11-4-2-1-3-5-11;3-2(4,5)1(6)7/h1-5,10,12,16H,6-9H2,(H,17,19);(H,6,7). The van der Waals surface area contributed by atoms with E-state index in [2.05, 4.69) is 15.8 Å². The summed E-state index contributed by atoms with van der Waals surface area (Å²) in [6.45, 7) is 1.89. The lowest BCUT2D eigenvalue weighted by molar-refractivity contribution is -0.192. The first-order valence-electron chi connectivity index (χ1n) is 8.11. The predicted molar refractivity (Wildman–Crippen MR) is 89.0 cm³/mol. The second kappa shape index (κ2) is 9.17. The first-order valence-corrected chi connectivity index (χ1v) is 8.11. The van der Waals surface area contributed by atoms with E-state index in [1.165, 1.54) is 0 Å². The molecule has 146 valence electrons. The number of nitrogens with one attached hydrogen (secondary N) is 2. The molecule has 0 unspecified atom stereocenters. The number of benzene rings is 1. The number of carbonyl (C=O) groups is 2. The Balaban J connectivity index is 0.000000321. The number of rotatable bonds is 3. The molecule has 27 heavy (non-hydrogen) atoms. The van der Waals surface area contributed by atoms with Crippen LogP contribution in [-0.2, 0) is 4.79 Å². The fourth-order valence-electron chi connectivity index (χ4n) is 2.35. The smallest absolute Gasteiger partial charge is 0.475 e. The molecule has 0 bridgehead atoms. The van der Waals surface area contributed by atoms with Gasteiger partial charge in [0, 0.05) is 17.7 Å². The molecule has 1 aromatic heterocycles. The van der Waals surface area contributed by atoms with Crippen molar-refractivity contribution < 1.29 is 32.4 Å². The van der Waals surface area contributed by atoms with Gasteiger partial charge in [0.25, 0.3) is 5.91 Å². The van der Waals surface area contributed by atoms with Crippen LogP contribution in [0, 0.1) is 0 Å². The molecule has 10 heteroatoms. The van der Waals surface area contributed by atoms with Crippen molar-refractivity contribution in [1.82, 2.24) is 15.8 Å². The van der Waals surface area contributed by atoms with Crippen molar-refractivity contribution in [3.05, 3.63) is 42.1 Å². The fraction of sp³-hybridized carbons (Fsp3) is 0.353. The number of carbonyl (C=O) groups excluding carboxylic acids is 1. The van der Waals surface area contributed by atoms with Crippen LogP contribution in [0.4, 0.5) is 13.2 Å². The van der Waals surface area contributed by atoms with Crippen molar-refractivity contribution in [3.8, 4) is 11.3 Å². The van der Waals surface area contributed by atoms with Crippen molar-refractivity contribution in [1.29, 1.82) is 0 Å². The van der Waals surface area contributed by atoms with Crippen LogP contribution < -0.4 is 10.6 Å². The van der Waals surface area contributed by atoms with Crippen LogP contribution in [0.1, 0.15) is 23.3 Å². The third kappa shape index (κ3) is 6.41. The molecule has 0 spiro atoms. The first-order chi connectivity index (χ1) is 12.8. The summed E-state index contributed by atoms with van der Waals surface area (Å²) in [4.78, 5) is 21.0. The van der Waals surface area contributed by atoms with Gasteiger partial charge in [0.1, 0.15) is 0 Å². The van der Waals surface area contributed by atoms with Crippen molar-refractivity contribution in [2.24, 2.45) is 0 Å². The normalized spacial score (nSPS) is 14.8. The number of carboxylic acid groups (broad SMARTS) is 1. The van der Waals surface area contributed by atoms with Crippen LogP contribution >= 0.6 is 0 Å². The Morgan fingerprint density at radius 3 is 2.33 bits per heavy atom. The van der Waals surface area contributed by atoms with Gasteiger partial charge in [0.15, 0.2) is 11.5 Å². The molecule has 0 aliphatic carbocycles. The molecule has 1 aliphatic rings. The van der Waals surface area contributed by atoms with Crippen molar-refractivity contribution in [2.75, 3.05) is 13.1 Å². The summed E-state index contributed by atoms with van der Waals surface area (Å²) in [6, 6.07) is 11.5. The lowest BCUT2D eigenvalue weighted by atomic mass is 10.1. The van der Waals surface area contributed by atoms with E-state index in [0.29, 0.717) is 11.5 Å². The largest absolute Gasteiger partial charge is 0.490 e. The topological polar surface area (TPSA) is 104 Å². The number of amides is 1. The molecule has 3 rings (SSSR count). The van der Waals surface area contributed by atoms with Gasteiger partial charge in [-0.2, -0.15) is 13.2 Å². The number of hydrogen-bond acceptors (Lipinski definition) is 5. The Labute approximate surface area is 152 Å². The van der Waals surface area contributed by atoms with Gasteiger partial charge in [-0.25, -0.2) is 4.79 Å². The molecule has 0 radical (unpaired) electrons. The van der Waals surface area contributed by atoms with E-state index >= 15 is 0 Å². The molecule has 1 aromatic carbocycles. The molecule has 1 saturated heterocycles. The Morgan fingerprint density at radius 2 is 1.78 bits per heavy atom. The molecule has 7 nitrogen and oxygen atoms in total. The third-order valence-electron chi connectivity index (χ3n) is 3.72. The van der Waals surface area contributed by atoms with Crippen LogP contribution in [0.5, 0.6) is 0 Å². The highest BCUT2D eigenvalue weighted by molar-refractivity contribution is 5.93. The zero-order chi connectivity index (χ0) is 19.9. The number of aliphatic carboxylic acids is 1. The molecule has 2 heterocycles. The number of piperidine rings is 1. The molecule has 0 atom stereocenters. The minimum Gasteiger partial charge on any atom is -0.475 e. The first kappa shape index (κ1) is 20.4. The highest BCUT2D eigenvalue weighted by Gasteiger charge is 2.38. The summed E-state index contributed by atoms with van der Waals surface area (Å²) >= 11 is 0. The van der Waals surface area contributed by atoms with Crippen molar-refractivity contribution >= 4 is 11.9 Å². The molecular formula is C17H18F3N3O4. The quantitative estimate of drug-likeness (QED) is 0.750. The highest BCUT2D eigenvalue weighted by Crippen LogP contribution is 2.19. The maximum absolute atomic E-state index is 12.1. The second-order valence-corrected chi connectivity index (χ2v) is 5.74. The number of alkyl halides is 3. The summed E-state index contributed by atoms with van der Waals surface area (Å²) in [7, 11) is 0. The van der Waals surface area contributed by atoms with Crippen molar-refractivity contribution in [3.63, 3.8) is 0 Å². The highest BCUT2D eigenvalue weighted by atomic mass is 19.4. The average Bonchev–Trinajstić information content (AvgIpc) is 3.13. The average molecular weight is 385 g/mol. The summed E-state index contributed by atoms with van der Waals surface area (Å²) in [6.07, 6.45) is -3.18. The van der Waals surface area contributed by atoms with Crippen LogP contribution in [0.3, 0.4) is 0 Å². The van der Waals surface area contributed by atoms with E-state index in [4.69, 9.17) is 14.4 Å². The maximum Gasteiger partial charge on any atom is 0.490 e. The zero-order valence-electron chi connectivity index (χ0n) is 14.1. The van der Waals surface area contributed by atoms with Crippen molar-refractivity contribution in [2.45, 2.75) is 25.1 Å².